The number of aromatic nitrogens is 1. The Morgan fingerprint density at radius 3 is 2.56 bits per heavy atom. The first kappa shape index (κ1) is 40.5. The van der Waals surface area contributed by atoms with Gasteiger partial charge in [0.1, 0.15) is 40.8 Å². The fourth-order valence-electron chi connectivity index (χ4n) is 7.31. The second-order valence-electron chi connectivity index (χ2n) is 16.9. The highest BCUT2D eigenvalue weighted by Gasteiger charge is 2.61. The average molecular weight is 780 g/mol. The van der Waals surface area contributed by atoms with E-state index in [4.69, 9.17) is 23.9 Å². The Bertz CT molecular complexity index is 1820. The van der Waals surface area contributed by atoms with Crippen molar-refractivity contribution in [1.29, 1.82) is 0 Å². The Labute approximate surface area is 328 Å². The number of ether oxygens (including phenoxy) is 4. The predicted octanol–water partition coefficient (Wildman–Crippen LogP) is 6.29. The Morgan fingerprint density at radius 1 is 1.11 bits per heavy atom. The molecule has 4 aliphatic rings. The van der Waals surface area contributed by atoms with Gasteiger partial charge in [0, 0.05) is 34.1 Å². The molecule has 3 fully saturated rings. The molecule has 6 rings (SSSR count). The molecule has 300 valence electrons. The number of allylic oxidation sites excluding steroid dienone is 1. The van der Waals surface area contributed by atoms with E-state index in [0.29, 0.717) is 42.2 Å². The van der Waals surface area contributed by atoms with Gasteiger partial charge in [-0.1, -0.05) is 25.0 Å². The molecule has 2 aromatic rings. The number of alkyl carbamates (subject to hydrolysis) is 1. The molecule has 0 bridgehead atoms. The Hall–Kier alpha value is -4.20. The van der Waals surface area contributed by atoms with Crippen molar-refractivity contribution < 1.29 is 38.1 Å². The van der Waals surface area contributed by atoms with Gasteiger partial charge in [-0.3, -0.25) is 19.1 Å². The molecule has 3 heterocycles. The van der Waals surface area contributed by atoms with Gasteiger partial charge in [0.15, 0.2) is 0 Å². The van der Waals surface area contributed by atoms with Crippen molar-refractivity contribution in [2.75, 3.05) is 13.7 Å². The summed E-state index contributed by atoms with van der Waals surface area (Å²) in [7, 11) is 1.60. The molecule has 0 spiro atoms. The number of carbonyl (C=O) groups is 4. The van der Waals surface area contributed by atoms with Gasteiger partial charge >= 0.3 is 6.09 Å². The predicted molar refractivity (Wildman–Crippen MR) is 211 cm³/mol. The highest BCUT2D eigenvalue weighted by molar-refractivity contribution is 7.99. The van der Waals surface area contributed by atoms with Gasteiger partial charge in [0.2, 0.25) is 17.7 Å². The number of benzene rings is 1. The number of nitrogens with one attached hydrogen (secondary N) is 3. The maximum absolute atomic E-state index is 14.6. The van der Waals surface area contributed by atoms with Crippen LogP contribution in [-0.2, 0) is 19.1 Å². The SMILES string of the molecule is COc1ccc2c(O[C@@H]3C[C@H]4C(=O)N[C@]5(C(=O)NSC6(C)CC6)C[C@H]5/C=C\CCCCC[C@H](NC(=O)OC(C)(C)C)C(=O)N4C3)cc(OC(C)C)nc2c1C. The normalized spacial score (nSPS) is 27.1. The van der Waals surface area contributed by atoms with Crippen LogP contribution in [0.1, 0.15) is 105 Å². The molecule has 1 aromatic heterocycles. The number of amides is 4. The van der Waals surface area contributed by atoms with Gasteiger partial charge in [-0.25, -0.2) is 9.78 Å². The Balaban J connectivity index is 1.33. The molecule has 0 radical (unpaired) electrons. The Kier molecular flexibility index (Phi) is 11.9. The van der Waals surface area contributed by atoms with Crippen molar-refractivity contribution in [3.05, 3.63) is 35.9 Å². The van der Waals surface area contributed by atoms with Gasteiger partial charge in [-0.05, 0) is 111 Å². The number of aryl methyl sites for hydroxylation is 1. The molecule has 14 heteroatoms. The molecule has 5 atom stereocenters. The van der Waals surface area contributed by atoms with Crippen molar-refractivity contribution in [3.63, 3.8) is 0 Å². The third-order valence-electron chi connectivity index (χ3n) is 10.7. The van der Waals surface area contributed by atoms with E-state index in [1.165, 1.54) is 16.8 Å². The van der Waals surface area contributed by atoms with E-state index >= 15 is 0 Å². The van der Waals surface area contributed by atoms with Gasteiger partial charge < -0.3 is 34.5 Å². The van der Waals surface area contributed by atoms with Crippen molar-refractivity contribution in [2.24, 2.45) is 5.92 Å². The Morgan fingerprint density at radius 2 is 1.87 bits per heavy atom. The number of methoxy groups -OCH3 is 1. The van der Waals surface area contributed by atoms with E-state index in [9.17, 15) is 19.2 Å². The molecule has 2 saturated carbocycles. The lowest BCUT2D eigenvalue weighted by atomic mass is 10.0. The molecule has 1 aromatic carbocycles. The van der Waals surface area contributed by atoms with Crippen molar-refractivity contribution in [3.8, 4) is 17.4 Å². The standard InChI is InChI=1S/C41H57N5O8S/c1-24(2)52-33-21-32(28-16-17-31(51-8)25(3)34(28)43-33)53-27-20-30-35(47)44-41(37(49)45-55-40(7)18-19-40)22-26(41)14-12-10-9-11-13-15-29(36(48)46(30)23-27)42-38(50)54-39(4,5)6/h12,14,16-17,21,24,26-27,29-30H,9-11,13,15,18-20,22-23H2,1-8H3,(H,42,50)(H,44,47)(H,45,49)/b14-12-/t26-,27-,29+,30+,41-/m1/s1. The van der Waals surface area contributed by atoms with Crippen LogP contribution in [0.15, 0.2) is 30.4 Å². The number of carbonyl (C=O) groups excluding carboxylic acids is 4. The number of pyridine rings is 1. The minimum absolute atomic E-state index is 0.00654. The van der Waals surface area contributed by atoms with E-state index in [2.05, 4.69) is 28.4 Å². The molecule has 4 amide bonds. The molecular weight excluding hydrogens is 723 g/mol. The van der Waals surface area contributed by atoms with Crippen LogP contribution in [0.4, 0.5) is 4.79 Å². The summed E-state index contributed by atoms with van der Waals surface area (Å²) in [6.45, 7) is 13.2. The van der Waals surface area contributed by atoms with E-state index < -0.39 is 47.2 Å². The maximum atomic E-state index is 14.6. The summed E-state index contributed by atoms with van der Waals surface area (Å²) >= 11 is 1.42. The summed E-state index contributed by atoms with van der Waals surface area (Å²) in [6.07, 6.45) is 8.88. The molecular formula is C41H57N5O8S. The molecule has 2 aliphatic carbocycles. The van der Waals surface area contributed by atoms with Crippen LogP contribution in [0.3, 0.4) is 0 Å². The molecule has 13 nitrogen and oxygen atoms in total. The molecule has 55 heavy (non-hydrogen) atoms. The number of rotatable bonds is 9. The minimum Gasteiger partial charge on any atom is -0.496 e. The molecule has 1 saturated heterocycles. The smallest absolute Gasteiger partial charge is 0.408 e. The topological polar surface area (TPSA) is 157 Å². The zero-order chi connectivity index (χ0) is 39.7. The third-order valence-corrected chi connectivity index (χ3v) is 11.9. The largest absolute Gasteiger partial charge is 0.496 e. The van der Waals surface area contributed by atoms with Crippen LogP contribution >= 0.6 is 11.9 Å². The van der Waals surface area contributed by atoms with Crippen LogP contribution in [0, 0.1) is 12.8 Å². The molecule has 3 N–H and O–H groups in total. The van der Waals surface area contributed by atoms with Crippen LogP contribution < -0.4 is 29.6 Å². The van der Waals surface area contributed by atoms with Gasteiger partial charge in [-0.2, -0.15) is 0 Å². The van der Waals surface area contributed by atoms with Gasteiger partial charge in [0.25, 0.3) is 5.91 Å². The summed E-state index contributed by atoms with van der Waals surface area (Å²) in [4.78, 5) is 62.3. The molecule has 0 unspecified atom stereocenters. The van der Waals surface area contributed by atoms with E-state index in [-0.39, 0.29) is 35.6 Å². The zero-order valence-corrected chi connectivity index (χ0v) is 34.2. The fraction of sp³-hybridized carbons (Fsp3) is 0.634. The van der Waals surface area contributed by atoms with Crippen molar-refractivity contribution in [2.45, 2.75) is 146 Å². The maximum Gasteiger partial charge on any atom is 0.408 e. The first-order valence-electron chi connectivity index (χ1n) is 19.6. The number of hydrogen-bond acceptors (Lipinski definition) is 10. The van der Waals surface area contributed by atoms with E-state index in [1.807, 2.05) is 39.0 Å². The number of hydrogen-bond donors (Lipinski definition) is 3. The summed E-state index contributed by atoms with van der Waals surface area (Å²) in [5, 5.41) is 6.66. The lowest BCUT2D eigenvalue weighted by molar-refractivity contribution is -0.141. The minimum atomic E-state index is -1.13. The summed E-state index contributed by atoms with van der Waals surface area (Å²) < 4.78 is 26.9. The van der Waals surface area contributed by atoms with E-state index in [1.54, 1.807) is 33.9 Å². The summed E-state index contributed by atoms with van der Waals surface area (Å²) in [5.74, 6) is 0.273. The highest BCUT2D eigenvalue weighted by Crippen LogP contribution is 2.49. The second-order valence-corrected chi connectivity index (χ2v) is 18.3. The average Bonchev–Trinajstić information content (AvgIpc) is 3.97. The van der Waals surface area contributed by atoms with Gasteiger partial charge in [0.05, 0.1) is 25.3 Å². The van der Waals surface area contributed by atoms with Gasteiger partial charge in [-0.15, -0.1) is 0 Å². The monoisotopic (exact) mass is 779 g/mol. The van der Waals surface area contributed by atoms with Crippen LogP contribution in [0.2, 0.25) is 0 Å². The summed E-state index contributed by atoms with van der Waals surface area (Å²) in [6, 6.07) is 3.55. The number of nitrogens with zero attached hydrogens (tertiary/aromatic N) is 2. The number of fused-ring (bicyclic) bond motifs is 3. The van der Waals surface area contributed by atoms with Crippen LogP contribution in [0.5, 0.6) is 17.4 Å². The van der Waals surface area contributed by atoms with Crippen LogP contribution in [0.25, 0.3) is 10.9 Å². The zero-order valence-electron chi connectivity index (χ0n) is 33.4. The second kappa shape index (κ2) is 16.1. The van der Waals surface area contributed by atoms with Crippen molar-refractivity contribution in [1.82, 2.24) is 25.2 Å². The molecule has 2 aliphatic heterocycles. The third kappa shape index (κ3) is 9.61. The highest BCUT2D eigenvalue weighted by atomic mass is 32.2. The lowest BCUT2D eigenvalue weighted by Crippen LogP contribution is -2.57. The van der Waals surface area contributed by atoms with Crippen LogP contribution in [-0.4, -0.2) is 87.5 Å². The fourth-order valence-corrected chi connectivity index (χ4v) is 8.14. The van der Waals surface area contributed by atoms with Crippen molar-refractivity contribution >= 4 is 46.7 Å². The summed E-state index contributed by atoms with van der Waals surface area (Å²) in [5.41, 5.74) is -0.439. The first-order chi connectivity index (χ1) is 26.0. The van der Waals surface area contributed by atoms with E-state index in [0.717, 1.165) is 43.1 Å². The first-order valence-corrected chi connectivity index (χ1v) is 20.4. The quantitative estimate of drug-likeness (QED) is 0.195. The lowest BCUT2D eigenvalue weighted by Gasteiger charge is -2.30.